The molecule has 1 heterocycles. The number of allylic oxidation sites excluding steroid dienone is 7. The van der Waals surface area contributed by atoms with E-state index in [-0.39, 0.29) is 0 Å². The lowest BCUT2D eigenvalue weighted by Gasteiger charge is -1.90. The van der Waals surface area contributed by atoms with E-state index in [4.69, 9.17) is 4.74 Å². The molecule has 0 radical (unpaired) electrons. The molecule has 0 saturated carbocycles. The highest BCUT2D eigenvalue weighted by molar-refractivity contribution is 5.72. The highest BCUT2D eigenvalue weighted by Gasteiger charge is 1.72. The first kappa shape index (κ1) is 10.3. The number of aliphatic imine (C=N–C) groups is 1. The molecule has 0 atom stereocenters. The molecule has 14 heavy (non-hydrogen) atoms. The third-order valence-corrected chi connectivity index (χ3v) is 1.40. The lowest BCUT2D eigenvalue weighted by atomic mass is 10.4. The van der Waals surface area contributed by atoms with Gasteiger partial charge in [-0.3, -0.25) is 4.99 Å². The average Bonchev–Trinajstić information content (AvgIpc) is 2.22. The van der Waals surface area contributed by atoms with Gasteiger partial charge < -0.3 is 4.74 Å². The van der Waals surface area contributed by atoms with Crippen molar-refractivity contribution in [3.05, 3.63) is 61.1 Å². The molecule has 1 aliphatic rings. The third-order valence-electron chi connectivity index (χ3n) is 1.40. The largest absolute Gasteiger partial charge is 0.497 e. The number of rotatable bonds is 0. The molecular formula is C12H13NO. The molecule has 0 N–H and O–H groups in total. The summed E-state index contributed by atoms with van der Waals surface area (Å²) in [6, 6.07) is 0. The van der Waals surface area contributed by atoms with Crippen LogP contribution in [0, 0.1) is 0 Å². The Kier molecular flexibility index (Phi) is 5.71. The second-order valence-corrected chi connectivity index (χ2v) is 2.50. The van der Waals surface area contributed by atoms with Gasteiger partial charge in [-0.05, 0) is 18.2 Å². The van der Waals surface area contributed by atoms with E-state index in [1.165, 1.54) is 0 Å². The highest BCUT2D eigenvalue weighted by Crippen LogP contribution is 1.86. The maximum absolute atomic E-state index is 5.14. The molecule has 2 nitrogen and oxygen atoms in total. The summed E-state index contributed by atoms with van der Waals surface area (Å²) in [4.78, 5) is 4.01. The van der Waals surface area contributed by atoms with Gasteiger partial charge in [0, 0.05) is 12.4 Å². The minimum absolute atomic E-state index is 0.543. The standard InChI is InChI=1S/C12H13NO/c1-2-4-6-9-13-10-8-12-14-11-7-5-3-1/h1-11H,12H2. The monoisotopic (exact) mass is 187 g/mol. The summed E-state index contributed by atoms with van der Waals surface area (Å²) in [7, 11) is 0. The van der Waals surface area contributed by atoms with E-state index in [0.29, 0.717) is 6.61 Å². The van der Waals surface area contributed by atoms with Crippen molar-refractivity contribution in [3.8, 4) is 0 Å². The van der Waals surface area contributed by atoms with Crippen molar-refractivity contribution >= 4 is 6.21 Å². The van der Waals surface area contributed by atoms with Crippen LogP contribution in [0.1, 0.15) is 0 Å². The topological polar surface area (TPSA) is 21.6 Å². The Balaban J connectivity index is 2.56. The van der Waals surface area contributed by atoms with Crippen LogP contribution in [0.5, 0.6) is 0 Å². The predicted octanol–water partition coefficient (Wildman–Crippen LogP) is 2.78. The van der Waals surface area contributed by atoms with Gasteiger partial charge in [0.15, 0.2) is 0 Å². The van der Waals surface area contributed by atoms with Crippen molar-refractivity contribution in [2.24, 2.45) is 4.99 Å². The Morgan fingerprint density at radius 2 is 1.57 bits per heavy atom. The smallest absolute Gasteiger partial charge is 0.107 e. The molecule has 0 aliphatic carbocycles. The summed E-state index contributed by atoms with van der Waals surface area (Å²) in [5, 5.41) is 0. The molecule has 0 aromatic carbocycles. The lowest BCUT2D eigenvalue weighted by molar-refractivity contribution is 0.289. The molecule has 2 heteroatoms. The Morgan fingerprint density at radius 3 is 2.43 bits per heavy atom. The van der Waals surface area contributed by atoms with Crippen LogP contribution in [-0.4, -0.2) is 12.8 Å². The fourth-order valence-corrected chi connectivity index (χ4v) is 0.786. The molecule has 1 rings (SSSR count). The lowest BCUT2D eigenvalue weighted by Crippen LogP contribution is -1.79. The minimum atomic E-state index is 0.543. The Morgan fingerprint density at radius 1 is 0.857 bits per heavy atom. The summed E-state index contributed by atoms with van der Waals surface area (Å²) in [6.07, 6.45) is 20.3. The zero-order chi connectivity index (χ0) is 9.90. The molecule has 0 saturated heterocycles. The van der Waals surface area contributed by atoms with Crippen LogP contribution >= 0.6 is 0 Å². The molecule has 0 unspecified atom stereocenters. The molecule has 0 bridgehead atoms. The Labute approximate surface area is 84.3 Å². The molecule has 1 aliphatic heterocycles. The average molecular weight is 187 g/mol. The summed E-state index contributed by atoms with van der Waals surface area (Å²) in [5.74, 6) is 0. The van der Waals surface area contributed by atoms with Crippen LogP contribution in [0.25, 0.3) is 0 Å². The summed E-state index contributed by atoms with van der Waals surface area (Å²) >= 11 is 0. The van der Waals surface area contributed by atoms with E-state index in [2.05, 4.69) is 4.99 Å². The fourth-order valence-electron chi connectivity index (χ4n) is 0.786. The van der Waals surface area contributed by atoms with Gasteiger partial charge in [0.1, 0.15) is 6.61 Å². The van der Waals surface area contributed by atoms with Gasteiger partial charge in [0.2, 0.25) is 0 Å². The quantitative estimate of drug-likeness (QED) is 0.571. The SMILES string of the molecule is C1=CC=CC=NC=CCOC=CC=C1. The fraction of sp³-hybridized carbons (Fsp3) is 0.0833. The molecule has 0 fully saturated rings. The zero-order valence-corrected chi connectivity index (χ0v) is 7.91. The Bertz CT molecular complexity index is 274. The van der Waals surface area contributed by atoms with Crippen LogP contribution in [-0.2, 0) is 4.74 Å². The zero-order valence-electron chi connectivity index (χ0n) is 7.91. The first-order valence-electron chi connectivity index (χ1n) is 4.45. The van der Waals surface area contributed by atoms with Crippen molar-refractivity contribution in [2.45, 2.75) is 0 Å². The normalized spacial score (nSPS) is 16.6. The van der Waals surface area contributed by atoms with Gasteiger partial charge in [-0.2, -0.15) is 0 Å². The van der Waals surface area contributed by atoms with E-state index >= 15 is 0 Å². The van der Waals surface area contributed by atoms with E-state index in [0.717, 1.165) is 0 Å². The van der Waals surface area contributed by atoms with E-state index < -0.39 is 0 Å². The van der Waals surface area contributed by atoms with Crippen molar-refractivity contribution in [3.63, 3.8) is 0 Å². The van der Waals surface area contributed by atoms with Crippen molar-refractivity contribution in [2.75, 3.05) is 6.61 Å². The van der Waals surface area contributed by atoms with Crippen molar-refractivity contribution < 1.29 is 4.74 Å². The number of nitrogens with zero attached hydrogens (tertiary/aromatic N) is 1. The van der Waals surface area contributed by atoms with Crippen molar-refractivity contribution in [1.82, 2.24) is 0 Å². The van der Waals surface area contributed by atoms with Crippen molar-refractivity contribution in [1.29, 1.82) is 0 Å². The number of hydrogen-bond donors (Lipinski definition) is 0. The van der Waals surface area contributed by atoms with E-state index in [9.17, 15) is 0 Å². The van der Waals surface area contributed by atoms with Crippen LogP contribution in [0.3, 0.4) is 0 Å². The summed E-state index contributed by atoms with van der Waals surface area (Å²) < 4.78 is 5.14. The maximum atomic E-state index is 5.14. The molecule has 0 spiro atoms. The molecular weight excluding hydrogens is 174 g/mol. The van der Waals surface area contributed by atoms with Crippen LogP contribution < -0.4 is 0 Å². The summed E-state index contributed by atoms with van der Waals surface area (Å²) in [6.45, 7) is 0.543. The molecule has 0 aromatic rings. The molecule has 0 amide bonds. The first-order valence-corrected chi connectivity index (χ1v) is 4.45. The van der Waals surface area contributed by atoms with Gasteiger partial charge in [0.25, 0.3) is 0 Å². The van der Waals surface area contributed by atoms with Gasteiger partial charge in [-0.1, -0.05) is 30.4 Å². The van der Waals surface area contributed by atoms with Gasteiger partial charge in [0.05, 0.1) is 6.26 Å². The van der Waals surface area contributed by atoms with Gasteiger partial charge in [-0.15, -0.1) is 0 Å². The minimum Gasteiger partial charge on any atom is -0.497 e. The van der Waals surface area contributed by atoms with E-state index in [1.807, 2.05) is 48.6 Å². The molecule has 0 aromatic heterocycles. The van der Waals surface area contributed by atoms with Crippen LogP contribution in [0.4, 0.5) is 0 Å². The molecule has 72 valence electrons. The third kappa shape index (κ3) is 5.77. The number of hydrogen-bond acceptors (Lipinski definition) is 2. The predicted molar refractivity (Wildman–Crippen MR) is 60.1 cm³/mol. The number of ether oxygens (including phenoxy) is 1. The summed E-state index contributed by atoms with van der Waals surface area (Å²) in [5.41, 5.74) is 0. The van der Waals surface area contributed by atoms with Crippen LogP contribution in [0.2, 0.25) is 0 Å². The second kappa shape index (κ2) is 7.80. The highest BCUT2D eigenvalue weighted by atomic mass is 16.5. The van der Waals surface area contributed by atoms with E-state index in [1.54, 1.807) is 18.7 Å². The van der Waals surface area contributed by atoms with Gasteiger partial charge in [-0.25, -0.2) is 0 Å². The van der Waals surface area contributed by atoms with Gasteiger partial charge >= 0.3 is 0 Å². The Hall–Kier alpha value is -1.83. The maximum Gasteiger partial charge on any atom is 0.107 e. The first-order chi connectivity index (χ1) is 7.00. The van der Waals surface area contributed by atoms with Crippen LogP contribution in [0.15, 0.2) is 66.1 Å². The second-order valence-electron chi connectivity index (χ2n) is 2.50.